The van der Waals surface area contributed by atoms with Gasteiger partial charge in [0.2, 0.25) is 11.8 Å². The average molecular weight is 337 g/mol. The predicted octanol–water partition coefficient (Wildman–Crippen LogP) is -0.682. The molecule has 1 rings (SSSR count). The van der Waals surface area contributed by atoms with E-state index in [4.69, 9.17) is 4.74 Å². The van der Waals surface area contributed by atoms with Crippen LogP contribution in [0.25, 0.3) is 0 Å². The molecule has 3 N–H and O–H groups in total. The minimum Gasteiger partial charge on any atom is -0.468 e. The molecule has 0 radical (unpaired) electrons. The first-order chi connectivity index (χ1) is 11.5. The highest BCUT2D eigenvalue weighted by molar-refractivity contribution is 5.88. The van der Waals surface area contributed by atoms with E-state index in [0.717, 1.165) is 5.56 Å². The highest BCUT2D eigenvalue weighted by atomic mass is 16.5. The Morgan fingerprint density at radius 1 is 0.875 bits per heavy atom. The summed E-state index contributed by atoms with van der Waals surface area (Å²) in [6.07, 6.45) is -0.746. The predicted molar refractivity (Wildman–Crippen MR) is 82.7 cm³/mol. The number of benzene rings is 1. The molecule has 9 heteroatoms. The van der Waals surface area contributed by atoms with Crippen LogP contribution >= 0.6 is 0 Å². The molecule has 0 saturated heterocycles. The first-order valence-electron chi connectivity index (χ1n) is 7.06. The van der Waals surface area contributed by atoms with Gasteiger partial charge in [-0.1, -0.05) is 30.3 Å². The Bertz CT molecular complexity index is 576. The van der Waals surface area contributed by atoms with Crippen molar-refractivity contribution in [2.75, 3.05) is 26.7 Å². The number of amides is 3. The normalized spacial score (nSPS) is 9.54. The van der Waals surface area contributed by atoms with Crippen molar-refractivity contribution in [2.24, 2.45) is 0 Å². The maximum atomic E-state index is 11.5. The van der Waals surface area contributed by atoms with Gasteiger partial charge in [0.15, 0.2) is 0 Å². The summed E-state index contributed by atoms with van der Waals surface area (Å²) in [5.41, 5.74) is 0.819. The Balaban J connectivity index is 2.13. The van der Waals surface area contributed by atoms with E-state index in [0.29, 0.717) is 0 Å². The number of methoxy groups -OCH3 is 1. The quantitative estimate of drug-likeness (QED) is 0.540. The molecule has 0 aromatic heterocycles. The number of ether oxygens (including phenoxy) is 2. The van der Waals surface area contributed by atoms with Crippen LogP contribution in [0.3, 0.4) is 0 Å². The average Bonchev–Trinajstić information content (AvgIpc) is 2.61. The molecule has 0 fully saturated rings. The van der Waals surface area contributed by atoms with Gasteiger partial charge < -0.3 is 25.4 Å². The zero-order chi connectivity index (χ0) is 17.8. The van der Waals surface area contributed by atoms with Crippen molar-refractivity contribution in [3.8, 4) is 0 Å². The third kappa shape index (κ3) is 8.37. The molecule has 130 valence electrons. The van der Waals surface area contributed by atoms with Gasteiger partial charge in [0.05, 0.1) is 13.7 Å². The summed E-state index contributed by atoms with van der Waals surface area (Å²) in [7, 11) is 1.19. The van der Waals surface area contributed by atoms with Crippen molar-refractivity contribution in [3.05, 3.63) is 35.9 Å². The van der Waals surface area contributed by atoms with Gasteiger partial charge in [-0.3, -0.25) is 14.4 Å². The minimum atomic E-state index is -0.746. The second-order valence-corrected chi connectivity index (χ2v) is 4.54. The molecule has 0 unspecified atom stereocenters. The molecule has 24 heavy (non-hydrogen) atoms. The maximum absolute atomic E-state index is 11.5. The van der Waals surface area contributed by atoms with E-state index in [2.05, 4.69) is 20.7 Å². The van der Waals surface area contributed by atoms with Crippen LogP contribution in [-0.4, -0.2) is 50.6 Å². The maximum Gasteiger partial charge on any atom is 0.407 e. The Labute approximate surface area is 138 Å². The number of nitrogens with one attached hydrogen (secondary N) is 3. The molecule has 3 amide bonds. The standard InChI is InChI=1S/C15H19N3O6/c1-23-14(21)9-17-12(19)7-16-13(20)8-18-15(22)24-10-11-5-3-2-4-6-11/h2-6H,7-10H2,1H3,(H,16,20)(H,17,19)(H,18,22). The molecule has 0 aliphatic heterocycles. The number of hydrogen-bond acceptors (Lipinski definition) is 6. The van der Waals surface area contributed by atoms with Crippen molar-refractivity contribution in [1.82, 2.24) is 16.0 Å². The first-order valence-corrected chi connectivity index (χ1v) is 7.06. The van der Waals surface area contributed by atoms with Gasteiger partial charge in [-0.05, 0) is 5.56 Å². The lowest BCUT2D eigenvalue weighted by atomic mass is 10.2. The summed E-state index contributed by atoms with van der Waals surface area (Å²) in [5.74, 6) is -1.72. The SMILES string of the molecule is COC(=O)CNC(=O)CNC(=O)CNC(=O)OCc1ccccc1. The second kappa shape index (κ2) is 10.6. The summed E-state index contributed by atoms with van der Waals surface area (Å²) in [6, 6.07) is 9.07. The Morgan fingerprint density at radius 3 is 2.08 bits per heavy atom. The Kier molecular flexibility index (Phi) is 8.37. The summed E-state index contributed by atoms with van der Waals surface area (Å²) in [5, 5.41) is 6.79. The topological polar surface area (TPSA) is 123 Å². The number of hydrogen-bond donors (Lipinski definition) is 3. The van der Waals surface area contributed by atoms with Crippen LogP contribution in [0.5, 0.6) is 0 Å². The van der Waals surface area contributed by atoms with Gasteiger partial charge >= 0.3 is 12.1 Å². The number of carbonyl (C=O) groups is 4. The van der Waals surface area contributed by atoms with E-state index in [1.54, 1.807) is 12.1 Å². The fourth-order valence-corrected chi connectivity index (χ4v) is 1.47. The zero-order valence-electron chi connectivity index (χ0n) is 13.2. The van der Waals surface area contributed by atoms with Crippen molar-refractivity contribution in [3.63, 3.8) is 0 Å². The third-order valence-electron chi connectivity index (χ3n) is 2.71. The molecular formula is C15H19N3O6. The van der Waals surface area contributed by atoms with Gasteiger partial charge in [0.25, 0.3) is 0 Å². The number of esters is 1. The molecule has 1 aromatic carbocycles. The van der Waals surface area contributed by atoms with Crippen LogP contribution in [0.2, 0.25) is 0 Å². The molecule has 0 spiro atoms. The van der Waals surface area contributed by atoms with Gasteiger partial charge in [0, 0.05) is 0 Å². The molecule has 0 bridgehead atoms. The molecule has 0 atom stereocenters. The van der Waals surface area contributed by atoms with Gasteiger partial charge in [-0.2, -0.15) is 0 Å². The number of alkyl carbamates (subject to hydrolysis) is 1. The molecule has 0 heterocycles. The smallest absolute Gasteiger partial charge is 0.407 e. The van der Waals surface area contributed by atoms with Gasteiger partial charge in [-0.25, -0.2) is 4.79 Å². The van der Waals surface area contributed by atoms with Crippen molar-refractivity contribution in [2.45, 2.75) is 6.61 Å². The van der Waals surface area contributed by atoms with E-state index >= 15 is 0 Å². The van der Waals surface area contributed by atoms with E-state index in [-0.39, 0.29) is 26.2 Å². The van der Waals surface area contributed by atoms with Crippen LogP contribution < -0.4 is 16.0 Å². The minimum absolute atomic E-state index is 0.0875. The second-order valence-electron chi connectivity index (χ2n) is 4.54. The highest BCUT2D eigenvalue weighted by Crippen LogP contribution is 2.00. The van der Waals surface area contributed by atoms with Gasteiger partial charge in [-0.15, -0.1) is 0 Å². The Morgan fingerprint density at radius 2 is 1.46 bits per heavy atom. The summed E-state index contributed by atoms with van der Waals surface area (Å²) in [6.45, 7) is -0.853. The molecule has 0 aliphatic carbocycles. The highest BCUT2D eigenvalue weighted by Gasteiger charge is 2.09. The monoisotopic (exact) mass is 337 g/mol. The first kappa shape index (κ1) is 18.9. The number of rotatable bonds is 8. The largest absolute Gasteiger partial charge is 0.468 e. The van der Waals surface area contributed by atoms with Gasteiger partial charge in [0.1, 0.15) is 19.7 Å². The van der Waals surface area contributed by atoms with Crippen LogP contribution in [0.1, 0.15) is 5.56 Å². The van der Waals surface area contributed by atoms with Crippen molar-refractivity contribution < 1.29 is 28.7 Å². The lowest BCUT2D eigenvalue weighted by molar-refractivity contribution is -0.141. The molecule has 9 nitrogen and oxygen atoms in total. The molecular weight excluding hydrogens is 318 g/mol. The van der Waals surface area contributed by atoms with Crippen LogP contribution in [0, 0.1) is 0 Å². The zero-order valence-corrected chi connectivity index (χ0v) is 13.2. The fraction of sp³-hybridized carbons (Fsp3) is 0.333. The number of carbonyl (C=O) groups excluding carboxylic acids is 4. The molecule has 1 aromatic rings. The van der Waals surface area contributed by atoms with E-state index in [9.17, 15) is 19.2 Å². The van der Waals surface area contributed by atoms with Crippen LogP contribution in [0.4, 0.5) is 4.79 Å². The summed E-state index contributed by atoms with van der Waals surface area (Å²) in [4.78, 5) is 45.0. The van der Waals surface area contributed by atoms with E-state index in [1.807, 2.05) is 18.2 Å². The molecule has 0 aliphatic rings. The summed E-state index contributed by atoms with van der Waals surface area (Å²) < 4.78 is 9.26. The molecule has 0 saturated carbocycles. The lowest BCUT2D eigenvalue weighted by Crippen LogP contribution is -2.43. The van der Waals surface area contributed by atoms with E-state index in [1.165, 1.54) is 7.11 Å². The van der Waals surface area contributed by atoms with E-state index < -0.39 is 23.9 Å². The summed E-state index contributed by atoms with van der Waals surface area (Å²) >= 11 is 0. The van der Waals surface area contributed by atoms with Crippen LogP contribution in [-0.2, 0) is 30.5 Å². The third-order valence-corrected chi connectivity index (χ3v) is 2.71. The van der Waals surface area contributed by atoms with Crippen LogP contribution in [0.15, 0.2) is 30.3 Å². The lowest BCUT2D eigenvalue weighted by Gasteiger charge is -2.08. The van der Waals surface area contributed by atoms with Crippen molar-refractivity contribution >= 4 is 23.9 Å². The van der Waals surface area contributed by atoms with Crippen molar-refractivity contribution in [1.29, 1.82) is 0 Å². The fourth-order valence-electron chi connectivity index (χ4n) is 1.47. The Hall–Kier alpha value is -3.10.